The molecule has 0 aliphatic carbocycles. The molecule has 2 amide bonds. The monoisotopic (exact) mass is 358 g/mol. The van der Waals surface area contributed by atoms with Gasteiger partial charge in [0, 0.05) is 41.3 Å². The molecule has 0 bridgehead atoms. The van der Waals surface area contributed by atoms with Crippen molar-refractivity contribution in [3.8, 4) is 5.75 Å². The molecule has 6 heteroatoms. The van der Waals surface area contributed by atoms with Crippen molar-refractivity contribution in [2.75, 3.05) is 18.4 Å². The topological polar surface area (TPSA) is 69.6 Å². The van der Waals surface area contributed by atoms with Gasteiger partial charge in [0.15, 0.2) is 0 Å². The van der Waals surface area contributed by atoms with Gasteiger partial charge in [-0.2, -0.15) is 0 Å². The number of anilines is 1. The summed E-state index contributed by atoms with van der Waals surface area (Å²) in [4.78, 5) is 26.6. The predicted molar refractivity (Wildman–Crippen MR) is 96.8 cm³/mol. The van der Waals surface area contributed by atoms with E-state index >= 15 is 0 Å². The quantitative estimate of drug-likeness (QED) is 0.881. The third kappa shape index (κ3) is 4.31. The Hall–Kier alpha value is -2.53. The van der Waals surface area contributed by atoms with Gasteiger partial charge < -0.3 is 15.3 Å². The molecule has 2 aromatic carbocycles. The first kappa shape index (κ1) is 17.3. The SMILES string of the molecule is O=C(Nc1cccc(O)c1)C1CCN(C(=O)c2ccc(Cl)cc2)CC1. The number of piperidine rings is 1. The van der Waals surface area contributed by atoms with E-state index in [0.717, 1.165) is 0 Å². The average Bonchev–Trinajstić information content (AvgIpc) is 2.62. The van der Waals surface area contributed by atoms with Gasteiger partial charge in [0.25, 0.3) is 5.91 Å². The minimum absolute atomic E-state index is 0.0384. The number of phenolic OH excluding ortho intramolecular Hbond substituents is 1. The Kier molecular flexibility index (Phi) is 5.24. The van der Waals surface area contributed by atoms with E-state index in [0.29, 0.717) is 42.2 Å². The molecule has 1 aliphatic rings. The molecule has 1 saturated heterocycles. The highest BCUT2D eigenvalue weighted by Crippen LogP contribution is 2.22. The number of hydrogen-bond acceptors (Lipinski definition) is 3. The number of hydrogen-bond donors (Lipinski definition) is 2. The molecule has 1 heterocycles. The van der Waals surface area contributed by atoms with Crippen LogP contribution in [0.4, 0.5) is 5.69 Å². The number of carbonyl (C=O) groups is 2. The fraction of sp³-hybridized carbons (Fsp3) is 0.263. The molecule has 130 valence electrons. The number of aromatic hydroxyl groups is 1. The standard InChI is InChI=1S/C19H19ClN2O3/c20-15-6-4-14(5-7-15)19(25)22-10-8-13(9-11-22)18(24)21-16-2-1-3-17(23)12-16/h1-7,12-13,23H,8-11H2,(H,21,24). The molecule has 0 saturated carbocycles. The third-order valence-electron chi connectivity index (χ3n) is 4.36. The van der Waals surface area contributed by atoms with Crippen LogP contribution in [-0.2, 0) is 4.79 Å². The van der Waals surface area contributed by atoms with Crippen LogP contribution in [0.3, 0.4) is 0 Å². The zero-order chi connectivity index (χ0) is 17.8. The van der Waals surface area contributed by atoms with Crippen molar-refractivity contribution in [3.63, 3.8) is 0 Å². The van der Waals surface area contributed by atoms with Gasteiger partial charge in [-0.05, 0) is 49.2 Å². The second kappa shape index (κ2) is 7.57. The zero-order valence-corrected chi connectivity index (χ0v) is 14.4. The number of nitrogens with one attached hydrogen (secondary N) is 1. The van der Waals surface area contributed by atoms with Crippen molar-refractivity contribution < 1.29 is 14.7 Å². The summed E-state index contributed by atoms with van der Waals surface area (Å²) < 4.78 is 0. The van der Waals surface area contributed by atoms with Crippen molar-refractivity contribution >= 4 is 29.1 Å². The van der Waals surface area contributed by atoms with Crippen LogP contribution in [0.5, 0.6) is 5.75 Å². The van der Waals surface area contributed by atoms with E-state index in [1.807, 2.05) is 0 Å². The van der Waals surface area contributed by atoms with E-state index in [1.54, 1.807) is 47.4 Å². The molecular formula is C19H19ClN2O3. The van der Waals surface area contributed by atoms with Crippen LogP contribution in [0.2, 0.25) is 5.02 Å². The molecule has 0 spiro atoms. The van der Waals surface area contributed by atoms with Gasteiger partial charge in [0.1, 0.15) is 5.75 Å². The Balaban J connectivity index is 1.55. The van der Waals surface area contributed by atoms with E-state index in [-0.39, 0.29) is 23.5 Å². The second-order valence-corrected chi connectivity index (χ2v) is 6.55. The number of phenols is 1. The lowest BCUT2D eigenvalue weighted by molar-refractivity contribution is -0.121. The Morgan fingerprint density at radius 1 is 1.08 bits per heavy atom. The lowest BCUT2D eigenvalue weighted by Gasteiger charge is -2.31. The highest BCUT2D eigenvalue weighted by atomic mass is 35.5. The normalized spacial score (nSPS) is 15.0. The van der Waals surface area contributed by atoms with Crippen LogP contribution in [0, 0.1) is 5.92 Å². The van der Waals surface area contributed by atoms with E-state index in [4.69, 9.17) is 11.6 Å². The van der Waals surface area contributed by atoms with E-state index in [2.05, 4.69) is 5.32 Å². The maximum Gasteiger partial charge on any atom is 0.253 e. The number of halogens is 1. The van der Waals surface area contributed by atoms with E-state index in [1.165, 1.54) is 6.07 Å². The Labute approximate surface area is 151 Å². The molecule has 2 N–H and O–H groups in total. The summed E-state index contributed by atoms with van der Waals surface area (Å²) in [5.74, 6) is -0.148. The molecule has 0 radical (unpaired) electrons. The lowest BCUT2D eigenvalue weighted by Crippen LogP contribution is -2.41. The van der Waals surface area contributed by atoms with Gasteiger partial charge in [-0.3, -0.25) is 9.59 Å². The van der Waals surface area contributed by atoms with Gasteiger partial charge >= 0.3 is 0 Å². The minimum Gasteiger partial charge on any atom is -0.508 e. The highest BCUT2D eigenvalue weighted by Gasteiger charge is 2.27. The predicted octanol–water partition coefficient (Wildman–Crippen LogP) is 3.54. The number of nitrogens with zero attached hydrogens (tertiary/aromatic N) is 1. The molecule has 5 nitrogen and oxygen atoms in total. The first-order valence-electron chi connectivity index (χ1n) is 8.17. The van der Waals surface area contributed by atoms with Gasteiger partial charge in [-0.25, -0.2) is 0 Å². The lowest BCUT2D eigenvalue weighted by atomic mass is 9.95. The van der Waals surface area contributed by atoms with E-state index in [9.17, 15) is 14.7 Å². The summed E-state index contributed by atoms with van der Waals surface area (Å²) in [7, 11) is 0. The molecule has 25 heavy (non-hydrogen) atoms. The van der Waals surface area contributed by atoms with Gasteiger partial charge in [0.05, 0.1) is 0 Å². The summed E-state index contributed by atoms with van der Waals surface area (Å²) in [6.45, 7) is 1.08. The van der Waals surface area contributed by atoms with Crippen LogP contribution >= 0.6 is 11.6 Å². The Bertz CT molecular complexity index is 768. The largest absolute Gasteiger partial charge is 0.508 e. The summed E-state index contributed by atoms with van der Waals surface area (Å²) >= 11 is 5.85. The second-order valence-electron chi connectivity index (χ2n) is 6.11. The number of benzene rings is 2. The van der Waals surface area contributed by atoms with Crippen molar-refractivity contribution in [3.05, 3.63) is 59.1 Å². The molecule has 1 aliphatic heterocycles. The maximum atomic E-state index is 12.5. The molecule has 3 rings (SSSR count). The van der Waals surface area contributed by atoms with Crippen LogP contribution in [-0.4, -0.2) is 34.9 Å². The molecule has 2 aromatic rings. The summed E-state index contributed by atoms with van der Waals surface area (Å²) in [6, 6.07) is 13.3. The number of likely N-dealkylation sites (tertiary alicyclic amines) is 1. The zero-order valence-electron chi connectivity index (χ0n) is 13.6. The number of rotatable bonds is 3. The van der Waals surface area contributed by atoms with Gasteiger partial charge in [-0.1, -0.05) is 17.7 Å². The molecule has 0 atom stereocenters. The Morgan fingerprint density at radius 2 is 1.76 bits per heavy atom. The molecule has 0 aromatic heterocycles. The summed E-state index contributed by atoms with van der Waals surface area (Å²) in [5, 5.41) is 12.9. The highest BCUT2D eigenvalue weighted by molar-refractivity contribution is 6.30. The molecular weight excluding hydrogens is 340 g/mol. The summed E-state index contributed by atoms with van der Waals surface area (Å²) in [6.07, 6.45) is 1.23. The minimum atomic E-state index is -0.142. The van der Waals surface area contributed by atoms with Crippen molar-refractivity contribution in [1.82, 2.24) is 4.90 Å². The fourth-order valence-electron chi connectivity index (χ4n) is 2.95. The van der Waals surface area contributed by atoms with Crippen molar-refractivity contribution in [1.29, 1.82) is 0 Å². The summed E-state index contributed by atoms with van der Waals surface area (Å²) in [5.41, 5.74) is 1.18. The third-order valence-corrected chi connectivity index (χ3v) is 4.61. The van der Waals surface area contributed by atoms with Gasteiger partial charge in [0.2, 0.25) is 5.91 Å². The van der Waals surface area contributed by atoms with Crippen LogP contribution < -0.4 is 5.32 Å². The number of carbonyl (C=O) groups excluding carboxylic acids is 2. The number of amides is 2. The van der Waals surface area contributed by atoms with Crippen LogP contribution in [0.1, 0.15) is 23.2 Å². The Morgan fingerprint density at radius 3 is 2.40 bits per heavy atom. The smallest absolute Gasteiger partial charge is 0.253 e. The molecule has 1 fully saturated rings. The van der Waals surface area contributed by atoms with Crippen molar-refractivity contribution in [2.24, 2.45) is 5.92 Å². The maximum absolute atomic E-state index is 12.5. The van der Waals surface area contributed by atoms with Crippen molar-refractivity contribution in [2.45, 2.75) is 12.8 Å². The fourth-order valence-corrected chi connectivity index (χ4v) is 3.07. The first-order chi connectivity index (χ1) is 12.0. The first-order valence-corrected chi connectivity index (χ1v) is 8.55. The van der Waals surface area contributed by atoms with Crippen LogP contribution in [0.15, 0.2) is 48.5 Å². The average molecular weight is 359 g/mol. The van der Waals surface area contributed by atoms with Crippen LogP contribution in [0.25, 0.3) is 0 Å². The van der Waals surface area contributed by atoms with Gasteiger partial charge in [-0.15, -0.1) is 0 Å². The van der Waals surface area contributed by atoms with E-state index < -0.39 is 0 Å². The molecule has 0 unspecified atom stereocenters.